The number of nitrogens with one attached hydrogen (secondary N) is 1. The lowest BCUT2D eigenvalue weighted by Crippen LogP contribution is -2.17. The number of aliphatic imine (C=N–C) groups is 1. The lowest BCUT2D eigenvalue weighted by molar-refractivity contribution is -0.112. The van der Waals surface area contributed by atoms with Gasteiger partial charge in [0.25, 0.3) is 5.91 Å². The van der Waals surface area contributed by atoms with Crippen LogP contribution in [0.2, 0.25) is 0 Å². The average Bonchev–Trinajstić information content (AvgIpc) is 2.59. The molecule has 1 amide bonds. The molecule has 2 N–H and O–H groups in total. The van der Waals surface area contributed by atoms with Gasteiger partial charge in [0, 0.05) is 0 Å². The molecular weight excluding hydrogens is 264 g/mol. The van der Waals surface area contributed by atoms with Crippen LogP contribution < -0.4 is 5.32 Å². The van der Waals surface area contributed by atoms with Crippen LogP contribution in [0.25, 0.3) is 6.08 Å². The van der Waals surface area contributed by atoms with Gasteiger partial charge < -0.3 is 10.4 Å². The van der Waals surface area contributed by atoms with E-state index in [1.165, 1.54) is 0 Å². The van der Waals surface area contributed by atoms with Crippen molar-refractivity contribution in [1.29, 1.82) is 0 Å². The van der Waals surface area contributed by atoms with Gasteiger partial charge in [-0.15, -0.1) is 0 Å². The summed E-state index contributed by atoms with van der Waals surface area (Å²) < 4.78 is 0. The Bertz CT molecular complexity index is 759. The van der Waals surface area contributed by atoms with Gasteiger partial charge in [-0.3, -0.25) is 9.79 Å². The highest BCUT2D eigenvalue weighted by atomic mass is 16.3. The van der Waals surface area contributed by atoms with Crippen molar-refractivity contribution in [3.05, 3.63) is 59.7 Å². The molecule has 0 fully saturated rings. The fourth-order valence-corrected chi connectivity index (χ4v) is 2.18. The SMILES string of the molecule is CC1=Nc2ccccc2NC(=O)/C1=C/c1ccc(O)cc1. The normalized spacial score (nSPS) is 16.0. The highest BCUT2D eigenvalue weighted by Crippen LogP contribution is 2.29. The molecule has 104 valence electrons. The number of hydrogen-bond donors (Lipinski definition) is 2. The second kappa shape index (κ2) is 5.25. The van der Waals surface area contributed by atoms with Gasteiger partial charge in [-0.05, 0) is 42.8 Å². The van der Waals surface area contributed by atoms with Crippen LogP contribution in [0.4, 0.5) is 11.4 Å². The fraction of sp³-hybridized carbons (Fsp3) is 0.0588. The van der Waals surface area contributed by atoms with E-state index >= 15 is 0 Å². The van der Waals surface area contributed by atoms with Crippen LogP contribution in [0, 0.1) is 0 Å². The number of phenols is 1. The van der Waals surface area contributed by atoms with Crippen LogP contribution in [0.1, 0.15) is 12.5 Å². The molecule has 4 heteroatoms. The Hall–Kier alpha value is -2.88. The first-order valence-corrected chi connectivity index (χ1v) is 6.60. The summed E-state index contributed by atoms with van der Waals surface area (Å²) in [6, 6.07) is 14.1. The average molecular weight is 278 g/mol. The Kier molecular flexibility index (Phi) is 3.28. The summed E-state index contributed by atoms with van der Waals surface area (Å²) in [4.78, 5) is 16.8. The first kappa shape index (κ1) is 13.1. The van der Waals surface area contributed by atoms with Crippen LogP contribution in [-0.4, -0.2) is 16.7 Å². The standard InChI is InChI=1S/C17H14N2O2/c1-11-14(10-12-6-8-13(20)9-7-12)17(21)19-16-5-3-2-4-15(16)18-11/h2-10,20H,1H3,(H,19,21)/b14-10+. The Labute approximate surface area is 122 Å². The van der Waals surface area contributed by atoms with Gasteiger partial charge in [-0.25, -0.2) is 0 Å². The number of nitrogens with zero attached hydrogens (tertiary/aromatic N) is 1. The minimum absolute atomic E-state index is 0.186. The molecule has 3 rings (SSSR count). The van der Waals surface area contributed by atoms with Crippen LogP contribution in [0.15, 0.2) is 59.1 Å². The van der Waals surface area contributed by atoms with Crippen LogP contribution in [-0.2, 0) is 4.79 Å². The monoisotopic (exact) mass is 278 g/mol. The van der Waals surface area contributed by atoms with Crippen molar-refractivity contribution in [1.82, 2.24) is 0 Å². The molecule has 0 unspecified atom stereocenters. The Morgan fingerprint density at radius 2 is 1.81 bits per heavy atom. The van der Waals surface area contributed by atoms with Crippen molar-refractivity contribution in [2.75, 3.05) is 5.32 Å². The van der Waals surface area contributed by atoms with Gasteiger partial charge in [0.1, 0.15) is 5.75 Å². The highest BCUT2D eigenvalue weighted by molar-refractivity contribution is 6.29. The molecule has 2 aromatic rings. The second-order valence-electron chi connectivity index (χ2n) is 4.82. The van der Waals surface area contributed by atoms with Crippen molar-refractivity contribution >= 4 is 29.1 Å². The molecule has 0 saturated heterocycles. The van der Waals surface area contributed by atoms with E-state index < -0.39 is 0 Å². The van der Waals surface area contributed by atoms with Gasteiger partial charge in [-0.2, -0.15) is 0 Å². The number of anilines is 1. The summed E-state index contributed by atoms with van der Waals surface area (Å²) in [7, 11) is 0. The summed E-state index contributed by atoms with van der Waals surface area (Å²) in [6.07, 6.45) is 1.76. The van der Waals surface area contributed by atoms with E-state index in [-0.39, 0.29) is 11.7 Å². The number of rotatable bonds is 1. The van der Waals surface area contributed by atoms with Crippen molar-refractivity contribution in [3.8, 4) is 5.75 Å². The predicted molar refractivity (Wildman–Crippen MR) is 83.9 cm³/mol. The first-order valence-electron chi connectivity index (χ1n) is 6.60. The van der Waals surface area contributed by atoms with Crippen molar-refractivity contribution in [2.24, 2.45) is 4.99 Å². The molecule has 0 radical (unpaired) electrons. The van der Waals surface area contributed by atoms with Gasteiger partial charge in [0.05, 0.1) is 22.7 Å². The smallest absolute Gasteiger partial charge is 0.257 e. The summed E-state index contributed by atoms with van der Waals surface area (Å²) in [5.41, 5.74) is 3.45. The molecular formula is C17H14N2O2. The highest BCUT2D eigenvalue weighted by Gasteiger charge is 2.18. The van der Waals surface area contributed by atoms with E-state index in [0.29, 0.717) is 17.0 Å². The number of hydrogen-bond acceptors (Lipinski definition) is 3. The van der Waals surface area contributed by atoms with Crippen LogP contribution in [0.3, 0.4) is 0 Å². The third-order valence-corrected chi connectivity index (χ3v) is 3.28. The first-order chi connectivity index (χ1) is 10.1. The molecule has 0 atom stereocenters. The number of aromatic hydroxyl groups is 1. The molecule has 0 saturated carbocycles. The van der Waals surface area contributed by atoms with Crippen LogP contribution in [0.5, 0.6) is 5.75 Å². The molecule has 0 spiro atoms. The fourth-order valence-electron chi connectivity index (χ4n) is 2.18. The number of carbonyl (C=O) groups is 1. The summed E-state index contributed by atoms with van der Waals surface area (Å²) in [5, 5.41) is 12.2. The maximum Gasteiger partial charge on any atom is 0.257 e. The van der Waals surface area contributed by atoms with E-state index in [2.05, 4.69) is 10.3 Å². The number of para-hydroxylation sites is 2. The molecule has 0 bridgehead atoms. The zero-order chi connectivity index (χ0) is 14.8. The summed E-state index contributed by atoms with van der Waals surface area (Å²) >= 11 is 0. The molecule has 1 aliphatic rings. The van der Waals surface area contributed by atoms with Crippen molar-refractivity contribution < 1.29 is 9.90 Å². The maximum atomic E-state index is 12.3. The van der Waals surface area contributed by atoms with E-state index in [4.69, 9.17) is 0 Å². The lowest BCUT2D eigenvalue weighted by Gasteiger charge is -2.05. The quantitative estimate of drug-likeness (QED) is 0.784. The topological polar surface area (TPSA) is 61.7 Å². The van der Waals surface area contributed by atoms with E-state index in [1.807, 2.05) is 31.2 Å². The van der Waals surface area contributed by atoms with Gasteiger partial charge >= 0.3 is 0 Å². The third-order valence-electron chi connectivity index (χ3n) is 3.28. The number of amides is 1. The van der Waals surface area contributed by atoms with Crippen molar-refractivity contribution in [3.63, 3.8) is 0 Å². The van der Waals surface area contributed by atoms with E-state index in [1.54, 1.807) is 30.3 Å². The molecule has 1 aliphatic heterocycles. The second-order valence-corrected chi connectivity index (χ2v) is 4.82. The Morgan fingerprint density at radius 3 is 2.57 bits per heavy atom. The summed E-state index contributed by atoms with van der Waals surface area (Å²) in [6.45, 7) is 1.81. The molecule has 21 heavy (non-hydrogen) atoms. The van der Waals surface area contributed by atoms with Gasteiger partial charge in [0.2, 0.25) is 0 Å². The van der Waals surface area contributed by atoms with E-state index in [9.17, 15) is 9.90 Å². The molecule has 1 heterocycles. The number of phenolic OH excluding ortho intramolecular Hbond substituents is 1. The zero-order valence-corrected chi connectivity index (χ0v) is 11.5. The third kappa shape index (κ3) is 2.69. The molecule has 0 aromatic heterocycles. The van der Waals surface area contributed by atoms with Crippen molar-refractivity contribution in [2.45, 2.75) is 6.92 Å². The minimum atomic E-state index is -0.186. The lowest BCUT2D eigenvalue weighted by atomic mass is 10.1. The minimum Gasteiger partial charge on any atom is -0.508 e. The number of carbonyl (C=O) groups excluding carboxylic acids is 1. The largest absolute Gasteiger partial charge is 0.508 e. The maximum absolute atomic E-state index is 12.3. The zero-order valence-electron chi connectivity index (χ0n) is 11.5. The number of benzene rings is 2. The summed E-state index contributed by atoms with van der Waals surface area (Å²) in [5.74, 6) is 0.00883. The number of fused-ring (bicyclic) bond motifs is 1. The molecule has 2 aromatic carbocycles. The van der Waals surface area contributed by atoms with Gasteiger partial charge in [0.15, 0.2) is 0 Å². The predicted octanol–water partition coefficient (Wildman–Crippen LogP) is 3.52. The van der Waals surface area contributed by atoms with Gasteiger partial charge in [-0.1, -0.05) is 24.3 Å². The molecule has 4 nitrogen and oxygen atoms in total. The van der Waals surface area contributed by atoms with E-state index in [0.717, 1.165) is 11.3 Å². The van der Waals surface area contributed by atoms with Crippen LogP contribution >= 0.6 is 0 Å². The Morgan fingerprint density at radius 1 is 1.10 bits per heavy atom. The Balaban J connectivity index is 2.04. The molecule has 0 aliphatic carbocycles.